The van der Waals surface area contributed by atoms with Crippen LogP contribution in [0.1, 0.15) is 36.8 Å². The standard InChI is InChI=1S/C24H23F3N2O3/c1-13-20(12-31-13)23(30)29-22-11-28-21-7-6-17(10-19(21)22)32-18-8-15(9-18)14-2-4-16(5-3-14)24(25,26)27/h2-7,10-11,13,15,18,20,28H,8-9,12H2,1H3,(H,29,30)/t13-,15?,18?,20+/m0/s1. The first-order valence-electron chi connectivity index (χ1n) is 10.7. The number of alkyl halides is 3. The highest BCUT2D eigenvalue weighted by Gasteiger charge is 2.35. The van der Waals surface area contributed by atoms with Crippen LogP contribution in [0.5, 0.6) is 5.75 Å². The second kappa shape index (κ2) is 7.85. The molecule has 0 bridgehead atoms. The van der Waals surface area contributed by atoms with Crippen LogP contribution in [-0.4, -0.2) is 29.7 Å². The maximum atomic E-state index is 12.7. The van der Waals surface area contributed by atoms with Crippen molar-refractivity contribution < 1.29 is 27.4 Å². The Morgan fingerprint density at radius 3 is 2.53 bits per heavy atom. The molecule has 0 spiro atoms. The normalized spacial score (nSPS) is 25.1. The van der Waals surface area contributed by atoms with Crippen LogP contribution in [0.15, 0.2) is 48.7 Å². The van der Waals surface area contributed by atoms with E-state index in [1.54, 1.807) is 18.3 Å². The van der Waals surface area contributed by atoms with Gasteiger partial charge in [-0.25, -0.2) is 0 Å². The third-order valence-corrected chi connectivity index (χ3v) is 6.46. The van der Waals surface area contributed by atoms with Crippen molar-refractivity contribution in [3.8, 4) is 5.75 Å². The quantitative estimate of drug-likeness (QED) is 0.547. The SMILES string of the molecule is C[C@@H]1OC[C@H]1C(=O)Nc1c[nH]c2ccc(OC3CC(c4ccc(C(F)(F)F)cc4)C3)cc12. The lowest BCUT2D eigenvalue weighted by atomic mass is 9.77. The molecule has 0 unspecified atom stereocenters. The first kappa shape index (κ1) is 20.9. The summed E-state index contributed by atoms with van der Waals surface area (Å²) in [6, 6.07) is 11.1. The molecular weight excluding hydrogens is 421 g/mol. The van der Waals surface area contributed by atoms with Crippen molar-refractivity contribution in [3.63, 3.8) is 0 Å². The van der Waals surface area contributed by atoms with E-state index >= 15 is 0 Å². The van der Waals surface area contributed by atoms with E-state index in [1.165, 1.54) is 0 Å². The number of carbonyl (C=O) groups excluding carboxylic acids is 1. The van der Waals surface area contributed by atoms with Crippen LogP contribution >= 0.6 is 0 Å². The zero-order valence-electron chi connectivity index (χ0n) is 17.4. The van der Waals surface area contributed by atoms with Crippen LogP contribution in [0.2, 0.25) is 0 Å². The van der Waals surface area contributed by atoms with E-state index in [2.05, 4.69) is 10.3 Å². The number of aromatic amines is 1. The second-order valence-corrected chi connectivity index (χ2v) is 8.57. The molecule has 1 aliphatic carbocycles. The molecule has 2 aliphatic rings. The van der Waals surface area contributed by atoms with Crippen molar-refractivity contribution in [1.82, 2.24) is 4.98 Å². The fourth-order valence-corrected chi connectivity index (χ4v) is 4.25. The van der Waals surface area contributed by atoms with Gasteiger partial charge in [-0.15, -0.1) is 0 Å². The van der Waals surface area contributed by atoms with Gasteiger partial charge < -0.3 is 19.8 Å². The van der Waals surface area contributed by atoms with Gasteiger partial charge in [0.25, 0.3) is 0 Å². The second-order valence-electron chi connectivity index (χ2n) is 8.57. The summed E-state index contributed by atoms with van der Waals surface area (Å²) >= 11 is 0. The summed E-state index contributed by atoms with van der Waals surface area (Å²) in [6.45, 7) is 2.32. The molecule has 5 nitrogen and oxygen atoms in total. The maximum Gasteiger partial charge on any atom is 0.416 e. The number of halogens is 3. The summed E-state index contributed by atoms with van der Waals surface area (Å²) in [7, 11) is 0. The van der Waals surface area contributed by atoms with E-state index in [0.717, 1.165) is 41.4 Å². The van der Waals surface area contributed by atoms with E-state index in [9.17, 15) is 18.0 Å². The average molecular weight is 444 g/mol. The number of hydrogen-bond acceptors (Lipinski definition) is 3. The lowest BCUT2D eigenvalue weighted by molar-refractivity contribution is -0.147. The van der Waals surface area contributed by atoms with Gasteiger partial charge in [0.1, 0.15) is 5.75 Å². The summed E-state index contributed by atoms with van der Waals surface area (Å²) in [4.78, 5) is 15.6. The molecule has 1 amide bonds. The van der Waals surface area contributed by atoms with Crippen molar-refractivity contribution in [2.75, 3.05) is 11.9 Å². The Morgan fingerprint density at radius 2 is 1.91 bits per heavy atom. The molecule has 3 aromatic rings. The molecule has 2 heterocycles. The Labute approximate surface area is 182 Å². The molecular formula is C24H23F3N2O3. The lowest BCUT2D eigenvalue weighted by Crippen LogP contribution is -2.45. The molecule has 1 saturated heterocycles. The van der Waals surface area contributed by atoms with Gasteiger partial charge in [0.15, 0.2) is 0 Å². The number of amides is 1. The minimum Gasteiger partial charge on any atom is -0.490 e. The molecule has 2 atom stereocenters. The predicted octanol–water partition coefficient (Wildman–Crippen LogP) is 5.49. The van der Waals surface area contributed by atoms with Crippen molar-refractivity contribution in [3.05, 3.63) is 59.8 Å². The Morgan fingerprint density at radius 1 is 1.16 bits per heavy atom. The predicted molar refractivity (Wildman–Crippen MR) is 114 cm³/mol. The van der Waals surface area contributed by atoms with Gasteiger partial charge in [0, 0.05) is 17.1 Å². The molecule has 32 heavy (non-hydrogen) atoms. The number of fused-ring (bicyclic) bond motifs is 1. The van der Waals surface area contributed by atoms with Crippen molar-refractivity contribution in [2.45, 2.75) is 44.1 Å². The van der Waals surface area contributed by atoms with E-state index in [1.807, 2.05) is 25.1 Å². The van der Waals surface area contributed by atoms with Gasteiger partial charge in [-0.1, -0.05) is 12.1 Å². The monoisotopic (exact) mass is 444 g/mol. The topological polar surface area (TPSA) is 63.3 Å². The zero-order chi connectivity index (χ0) is 22.5. The number of aromatic nitrogens is 1. The van der Waals surface area contributed by atoms with Crippen LogP contribution in [-0.2, 0) is 15.7 Å². The number of benzene rings is 2. The molecule has 8 heteroatoms. The summed E-state index contributed by atoms with van der Waals surface area (Å²) in [6.07, 6.45) is -1.12. The Balaban J connectivity index is 1.21. The molecule has 0 radical (unpaired) electrons. The smallest absolute Gasteiger partial charge is 0.416 e. The van der Waals surface area contributed by atoms with Gasteiger partial charge in [-0.3, -0.25) is 4.79 Å². The first-order chi connectivity index (χ1) is 15.3. The molecule has 1 saturated carbocycles. The summed E-state index contributed by atoms with van der Waals surface area (Å²) in [5.74, 6) is 0.689. The highest BCUT2D eigenvalue weighted by atomic mass is 19.4. The minimum absolute atomic E-state index is 0.00435. The summed E-state index contributed by atoms with van der Waals surface area (Å²) in [5.41, 5.74) is 1.86. The third kappa shape index (κ3) is 3.95. The minimum atomic E-state index is -4.32. The molecule has 2 aromatic carbocycles. The van der Waals surface area contributed by atoms with E-state index in [4.69, 9.17) is 9.47 Å². The van der Waals surface area contributed by atoms with Crippen LogP contribution in [0.4, 0.5) is 18.9 Å². The highest BCUT2D eigenvalue weighted by Crippen LogP contribution is 2.41. The van der Waals surface area contributed by atoms with E-state index in [-0.39, 0.29) is 30.0 Å². The summed E-state index contributed by atoms with van der Waals surface area (Å²) in [5, 5.41) is 3.83. The average Bonchev–Trinajstić information content (AvgIpc) is 3.10. The first-order valence-corrected chi connectivity index (χ1v) is 10.7. The largest absolute Gasteiger partial charge is 0.490 e. The van der Waals surface area contributed by atoms with Gasteiger partial charge in [0.05, 0.1) is 36.0 Å². The fourth-order valence-electron chi connectivity index (χ4n) is 4.25. The maximum absolute atomic E-state index is 12.7. The van der Waals surface area contributed by atoms with Crippen molar-refractivity contribution in [1.29, 1.82) is 0 Å². The number of carbonyl (C=O) groups is 1. The zero-order valence-corrected chi connectivity index (χ0v) is 17.4. The molecule has 1 aromatic heterocycles. The van der Waals surface area contributed by atoms with Gasteiger partial charge >= 0.3 is 6.18 Å². The number of rotatable bonds is 5. The van der Waals surface area contributed by atoms with E-state index in [0.29, 0.717) is 18.0 Å². The number of anilines is 1. The lowest BCUT2D eigenvalue weighted by Gasteiger charge is -2.36. The number of ether oxygens (including phenoxy) is 2. The summed E-state index contributed by atoms with van der Waals surface area (Å²) < 4.78 is 49.6. The Hall–Kier alpha value is -3.00. The van der Waals surface area contributed by atoms with Crippen LogP contribution < -0.4 is 10.1 Å². The number of nitrogens with one attached hydrogen (secondary N) is 2. The van der Waals surface area contributed by atoms with Crippen molar-refractivity contribution >= 4 is 22.5 Å². The van der Waals surface area contributed by atoms with Crippen molar-refractivity contribution in [2.24, 2.45) is 5.92 Å². The van der Waals surface area contributed by atoms with Crippen LogP contribution in [0.25, 0.3) is 10.9 Å². The molecule has 168 valence electrons. The van der Waals surface area contributed by atoms with E-state index < -0.39 is 11.7 Å². The van der Waals surface area contributed by atoms with Crippen LogP contribution in [0, 0.1) is 5.92 Å². The van der Waals surface area contributed by atoms with Crippen LogP contribution in [0.3, 0.4) is 0 Å². The molecule has 2 fully saturated rings. The van der Waals surface area contributed by atoms with Gasteiger partial charge in [-0.2, -0.15) is 13.2 Å². The molecule has 5 rings (SSSR count). The Bertz CT molecular complexity index is 1130. The number of H-pyrrole nitrogens is 1. The number of hydrogen-bond donors (Lipinski definition) is 2. The highest BCUT2D eigenvalue weighted by molar-refractivity contribution is 6.03. The molecule has 1 aliphatic heterocycles. The van der Waals surface area contributed by atoms with Gasteiger partial charge in [0.2, 0.25) is 5.91 Å². The fraction of sp³-hybridized carbons (Fsp3) is 0.375. The Kier molecular flexibility index (Phi) is 5.12. The third-order valence-electron chi connectivity index (χ3n) is 6.46. The van der Waals surface area contributed by atoms with Gasteiger partial charge in [-0.05, 0) is 61.6 Å². The molecule has 2 N–H and O–H groups in total.